The molecule has 0 saturated carbocycles. The summed E-state index contributed by atoms with van der Waals surface area (Å²) in [6.45, 7) is 4.98. The highest BCUT2D eigenvalue weighted by Gasteiger charge is 2.19. The first-order valence-electron chi connectivity index (χ1n) is 9.68. The molecule has 0 atom stereocenters. The fourth-order valence-corrected chi connectivity index (χ4v) is 3.17. The van der Waals surface area contributed by atoms with Crippen LogP contribution in [0.3, 0.4) is 0 Å². The van der Waals surface area contributed by atoms with Crippen LogP contribution < -0.4 is 10.2 Å². The molecule has 2 amide bonds. The summed E-state index contributed by atoms with van der Waals surface area (Å²) >= 11 is 0. The minimum absolute atomic E-state index is 0.162. The second-order valence-corrected chi connectivity index (χ2v) is 6.78. The summed E-state index contributed by atoms with van der Waals surface area (Å²) in [6, 6.07) is 19.3. The number of anilines is 1. The van der Waals surface area contributed by atoms with Crippen LogP contribution in [0.2, 0.25) is 0 Å². The summed E-state index contributed by atoms with van der Waals surface area (Å²) in [6.07, 6.45) is -0.162. The number of hydrogen-bond donors (Lipinski definition) is 1. The Bertz CT molecular complexity index is 746. The van der Waals surface area contributed by atoms with Crippen LogP contribution in [0.4, 0.5) is 5.69 Å². The minimum atomic E-state index is -0.243. The van der Waals surface area contributed by atoms with Crippen molar-refractivity contribution >= 4 is 17.5 Å². The summed E-state index contributed by atoms with van der Waals surface area (Å²) in [4.78, 5) is 29.1. The zero-order chi connectivity index (χ0) is 19.6. The van der Waals surface area contributed by atoms with E-state index >= 15 is 0 Å². The van der Waals surface area contributed by atoms with Gasteiger partial charge < -0.3 is 15.0 Å². The molecular formula is C22H27N3O3. The molecule has 2 aromatic carbocycles. The fraction of sp³-hybridized carbons (Fsp3) is 0.364. The summed E-state index contributed by atoms with van der Waals surface area (Å²) < 4.78 is 5.32. The fourth-order valence-electron chi connectivity index (χ4n) is 3.17. The van der Waals surface area contributed by atoms with Gasteiger partial charge in [0.15, 0.2) is 0 Å². The number of carbonyl (C=O) groups excluding carboxylic acids is 2. The zero-order valence-corrected chi connectivity index (χ0v) is 16.0. The Labute approximate surface area is 166 Å². The molecule has 1 fully saturated rings. The first kappa shape index (κ1) is 20.0. The number of morpholine rings is 1. The summed E-state index contributed by atoms with van der Waals surface area (Å²) in [5.41, 5.74) is 1.81. The number of amides is 2. The third-order valence-electron chi connectivity index (χ3n) is 4.72. The van der Waals surface area contributed by atoms with Gasteiger partial charge in [0, 0.05) is 31.9 Å². The van der Waals surface area contributed by atoms with Crippen molar-refractivity contribution in [1.82, 2.24) is 10.2 Å². The molecule has 148 valence electrons. The highest BCUT2D eigenvalue weighted by Crippen LogP contribution is 2.18. The molecule has 6 heteroatoms. The van der Waals surface area contributed by atoms with Crippen molar-refractivity contribution in [2.75, 3.05) is 44.3 Å². The molecule has 2 aromatic rings. The van der Waals surface area contributed by atoms with E-state index in [4.69, 9.17) is 4.74 Å². The Balaban J connectivity index is 1.55. The summed E-state index contributed by atoms with van der Waals surface area (Å²) in [5, 5.41) is 2.86. The smallest absolute Gasteiger partial charge is 0.236 e. The number of para-hydroxylation sites is 1. The predicted octanol–water partition coefficient (Wildman–Crippen LogP) is 2.06. The number of benzene rings is 2. The second kappa shape index (κ2) is 10.6. The lowest BCUT2D eigenvalue weighted by Crippen LogP contribution is -2.42. The van der Waals surface area contributed by atoms with Crippen molar-refractivity contribution in [3.63, 3.8) is 0 Å². The van der Waals surface area contributed by atoms with Gasteiger partial charge in [0.2, 0.25) is 11.8 Å². The number of hydrogen-bond acceptors (Lipinski definition) is 4. The molecule has 1 heterocycles. The lowest BCUT2D eigenvalue weighted by molar-refractivity contribution is -0.128. The third-order valence-corrected chi connectivity index (χ3v) is 4.72. The standard InChI is InChI=1S/C22H27N3O3/c26-21(23-11-12-24-13-15-28-16-14-24)17-22(27)25(20-9-5-2-6-10-20)18-19-7-3-1-4-8-19/h1-10H,11-18H2,(H,23,26). The molecule has 1 saturated heterocycles. The normalized spacial score (nSPS) is 14.4. The van der Waals surface area contributed by atoms with Crippen molar-refractivity contribution in [1.29, 1.82) is 0 Å². The van der Waals surface area contributed by atoms with Crippen LogP contribution in [-0.2, 0) is 20.9 Å². The van der Waals surface area contributed by atoms with Gasteiger partial charge in [0.1, 0.15) is 6.42 Å². The molecule has 0 aromatic heterocycles. The Hall–Kier alpha value is -2.70. The summed E-state index contributed by atoms with van der Waals surface area (Å²) in [7, 11) is 0. The Morgan fingerprint density at radius 1 is 0.964 bits per heavy atom. The van der Waals surface area contributed by atoms with Gasteiger partial charge in [-0.25, -0.2) is 0 Å². The largest absolute Gasteiger partial charge is 0.379 e. The maximum atomic E-state index is 12.9. The Kier molecular flexibility index (Phi) is 7.58. The SMILES string of the molecule is O=C(CC(=O)N(Cc1ccccc1)c1ccccc1)NCCN1CCOCC1. The average Bonchev–Trinajstić information content (AvgIpc) is 2.74. The van der Waals surface area contributed by atoms with Crippen LogP contribution >= 0.6 is 0 Å². The predicted molar refractivity (Wildman–Crippen MR) is 109 cm³/mol. The first-order chi connectivity index (χ1) is 13.7. The van der Waals surface area contributed by atoms with Gasteiger partial charge in [-0.1, -0.05) is 48.5 Å². The van der Waals surface area contributed by atoms with Crippen molar-refractivity contribution in [2.45, 2.75) is 13.0 Å². The molecule has 0 bridgehead atoms. The van der Waals surface area contributed by atoms with E-state index in [-0.39, 0.29) is 18.2 Å². The number of ether oxygens (including phenoxy) is 1. The molecule has 1 aliphatic rings. The van der Waals surface area contributed by atoms with Crippen molar-refractivity contribution < 1.29 is 14.3 Å². The van der Waals surface area contributed by atoms with Crippen LogP contribution in [0.5, 0.6) is 0 Å². The van der Waals surface area contributed by atoms with E-state index in [1.54, 1.807) is 4.90 Å². The molecule has 1 N–H and O–H groups in total. The van der Waals surface area contributed by atoms with Crippen LogP contribution in [0.15, 0.2) is 60.7 Å². The molecule has 28 heavy (non-hydrogen) atoms. The monoisotopic (exact) mass is 381 g/mol. The van der Waals surface area contributed by atoms with Gasteiger partial charge in [0.25, 0.3) is 0 Å². The van der Waals surface area contributed by atoms with Crippen LogP contribution in [-0.4, -0.2) is 56.1 Å². The highest BCUT2D eigenvalue weighted by atomic mass is 16.5. The van der Waals surface area contributed by atoms with E-state index in [9.17, 15) is 9.59 Å². The van der Waals surface area contributed by atoms with Crippen LogP contribution in [0.25, 0.3) is 0 Å². The van der Waals surface area contributed by atoms with E-state index in [2.05, 4.69) is 10.2 Å². The molecule has 6 nitrogen and oxygen atoms in total. The van der Waals surface area contributed by atoms with Gasteiger partial charge in [-0.3, -0.25) is 14.5 Å². The second-order valence-electron chi connectivity index (χ2n) is 6.78. The van der Waals surface area contributed by atoms with Crippen molar-refractivity contribution in [2.24, 2.45) is 0 Å². The maximum absolute atomic E-state index is 12.9. The zero-order valence-electron chi connectivity index (χ0n) is 16.0. The summed E-state index contributed by atoms with van der Waals surface area (Å²) in [5.74, 6) is -0.453. The van der Waals surface area contributed by atoms with Gasteiger partial charge in [-0.05, 0) is 17.7 Å². The van der Waals surface area contributed by atoms with Crippen LogP contribution in [0, 0.1) is 0 Å². The maximum Gasteiger partial charge on any atom is 0.236 e. The van der Waals surface area contributed by atoms with E-state index in [1.165, 1.54) is 0 Å². The van der Waals surface area contributed by atoms with Gasteiger partial charge in [-0.15, -0.1) is 0 Å². The molecule has 0 radical (unpaired) electrons. The quantitative estimate of drug-likeness (QED) is 0.711. The molecular weight excluding hydrogens is 354 g/mol. The van der Waals surface area contributed by atoms with Crippen molar-refractivity contribution in [3.05, 3.63) is 66.2 Å². The van der Waals surface area contributed by atoms with E-state index < -0.39 is 0 Å². The molecule has 0 unspecified atom stereocenters. The van der Waals surface area contributed by atoms with E-state index in [0.29, 0.717) is 13.1 Å². The Morgan fingerprint density at radius 3 is 2.29 bits per heavy atom. The van der Waals surface area contributed by atoms with Gasteiger partial charge in [0.05, 0.1) is 19.8 Å². The van der Waals surface area contributed by atoms with Crippen LogP contribution in [0.1, 0.15) is 12.0 Å². The molecule has 3 rings (SSSR count). The van der Waals surface area contributed by atoms with E-state index in [1.807, 2.05) is 60.7 Å². The van der Waals surface area contributed by atoms with Crippen molar-refractivity contribution in [3.8, 4) is 0 Å². The van der Waals surface area contributed by atoms with E-state index in [0.717, 1.165) is 44.1 Å². The first-order valence-corrected chi connectivity index (χ1v) is 9.68. The topological polar surface area (TPSA) is 61.9 Å². The van der Waals surface area contributed by atoms with Gasteiger partial charge >= 0.3 is 0 Å². The number of nitrogens with one attached hydrogen (secondary N) is 1. The highest BCUT2D eigenvalue weighted by molar-refractivity contribution is 6.04. The average molecular weight is 381 g/mol. The molecule has 0 aliphatic carbocycles. The molecule has 1 aliphatic heterocycles. The Morgan fingerprint density at radius 2 is 1.61 bits per heavy atom. The number of rotatable bonds is 8. The lowest BCUT2D eigenvalue weighted by atomic mass is 10.2. The number of nitrogens with zero attached hydrogens (tertiary/aromatic N) is 2. The number of carbonyl (C=O) groups is 2. The minimum Gasteiger partial charge on any atom is -0.379 e. The molecule has 0 spiro atoms. The van der Waals surface area contributed by atoms with Gasteiger partial charge in [-0.2, -0.15) is 0 Å². The third kappa shape index (κ3) is 6.18. The lowest BCUT2D eigenvalue weighted by Gasteiger charge is -2.26.